The second kappa shape index (κ2) is 5.83. The third kappa shape index (κ3) is 3.19. The Bertz CT molecular complexity index is 248. The van der Waals surface area contributed by atoms with Crippen molar-refractivity contribution in [3.8, 4) is 0 Å². The molecule has 3 N–H and O–H groups in total. The van der Waals surface area contributed by atoms with Crippen LogP contribution in [0, 0.1) is 0 Å². The summed E-state index contributed by atoms with van der Waals surface area (Å²) in [5.41, 5.74) is 5.35. The summed E-state index contributed by atoms with van der Waals surface area (Å²) in [5, 5.41) is 3.17. The molecule has 1 heterocycles. The predicted molar refractivity (Wildman–Crippen MR) is 68.7 cm³/mol. The Kier molecular flexibility index (Phi) is 4.95. The van der Waals surface area contributed by atoms with Crippen LogP contribution in [0.4, 0.5) is 0 Å². The molecule has 4 heteroatoms. The average molecular weight is 242 g/mol. The number of carbonyl (C=O) groups excluding carboxylic acids is 1. The van der Waals surface area contributed by atoms with Crippen molar-refractivity contribution in [1.82, 2.24) is 5.32 Å². The number of carbonyl (C=O) groups is 1. The van der Waals surface area contributed by atoms with Gasteiger partial charge in [0.15, 0.2) is 0 Å². The first kappa shape index (κ1) is 14.5. The van der Waals surface area contributed by atoms with Gasteiger partial charge in [-0.25, -0.2) is 0 Å². The Hall–Kier alpha value is -0.610. The van der Waals surface area contributed by atoms with Gasteiger partial charge in [-0.3, -0.25) is 4.79 Å². The van der Waals surface area contributed by atoms with Crippen molar-refractivity contribution >= 4 is 5.91 Å². The molecule has 0 aliphatic carbocycles. The summed E-state index contributed by atoms with van der Waals surface area (Å²) in [5.74, 6) is -0.00801. The van der Waals surface area contributed by atoms with Crippen molar-refractivity contribution in [2.24, 2.45) is 5.73 Å². The molecule has 1 aliphatic rings. The second-order valence-electron chi connectivity index (χ2n) is 5.06. The molecule has 1 fully saturated rings. The van der Waals surface area contributed by atoms with Crippen LogP contribution in [0.2, 0.25) is 0 Å². The maximum atomic E-state index is 12.3. The first-order chi connectivity index (χ1) is 8.02. The molecule has 0 saturated carbocycles. The van der Waals surface area contributed by atoms with Crippen molar-refractivity contribution in [3.05, 3.63) is 0 Å². The molecule has 1 rings (SSSR count). The smallest absolute Gasteiger partial charge is 0.240 e. The quantitative estimate of drug-likeness (QED) is 0.769. The SMILES string of the molecule is CCC(CC)(CC)NC(=O)C1(N)CCOCC1. The topological polar surface area (TPSA) is 64.4 Å². The van der Waals surface area contributed by atoms with Crippen LogP contribution in [0.3, 0.4) is 0 Å². The lowest BCUT2D eigenvalue weighted by atomic mass is 9.85. The van der Waals surface area contributed by atoms with Gasteiger partial charge in [-0.15, -0.1) is 0 Å². The van der Waals surface area contributed by atoms with E-state index in [0.717, 1.165) is 19.3 Å². The maximum Gasteiger partial charge on any atom is 0.240 e. The zero-order valence-corrected chi connectivity index (χ0v) is 11.3. The summed E-state index contributed by atoms with van der Waals surface area (Å²) < 4.78 is 5.26. The standard InChI is InChI=1S/C13H26N2O2/c1-4-12(5-2,6-3)15-11(16)13(14)7-9-17-10-8-13/h4-10,14H2,1-3H3,(H,15,16). The average Bonchev–Trinajstić information content (AvgIpc) is 2.37. The summed E-state index contributed by atoms with van der Waals surface area (Å²) in [6, 6.07) is 0. The lowest BCUT2D eigenvalue weighted by Gasteiger charge is -2.38. The van der Waals surface area contributed by atoms with Gasteiger partial charge in [-0.1, -0.05) is 20.8 Å². The van der Waals surface area contributed by atoms with Crippen molar-refractivity contribution < 1.29 is 9.53 Å². The number of nitrogens with two attached hydrogens (primary N) is 1. The maximum absolute atomic E-state index is 12.3. The van der Waals surface area contributed by atoms with Gasteiger partial charge in [-0.05, 0) is 32.1 Å². The van der Waals surface area contributed by atoms with Crippen molar-refractivity contribution in [1.29, 1.82) is 0 Å². The number of ether oxygens (including phenoxy) is 1. The van der Waals surface area contributed by atoms with Gasteiger partial charge in [0.05, 0.1) is 5.54 Å². The number of nitrogens with one attached hydrogen (secondary N) is 1. The van der Waals surface area contributed by atoms with Gasteiger partial charge < -0.3 is 15.8 Å². The van der Waals surface area contributed by atoms with E-state index in [4.69, 9.17) is 10.5 Å². The zero-order valence-electron chi connectivity index (χ0n) is 11.3. The number of amides is 1. The fraction of sp³-hybridized carbons (Fsp3) is 0.923. The van der Waals surface area contributed by atoms with Gasteiger partial charge in [0, 0.05) is 18.8 Å². The third-order valence-electron chi connectivity index (χ3n) is 4.25. The van der Waals surface area contributed by atoms with Crippen LogP contribution >= 0.6 is 0 Å². The first-order valence-corrected chi connectivity index (χ1v) is 6.71. The summed E-state index contributed by atoms with van der Waals surface area (Å²) in [6.07, 6.45) is 4.06. The summed E-state index contributed by atoms with van der Waals surface area (Å²) in [4.78, 5) is 12.3. The molecule has 17 heavy (non-hydrogen) atoms. The van der Waals surface area contributed by atoms with Crippen LogP contribution in [0.25, 0.3) is 0 Å². The minimum Gasteiger partial charge on any atom is -0.381 e. The fourth-order valence-corrected chi connectivity index (χ4v) is 2.34. The Labute approximate surface area is 104 Å². The highest BCUT2D eigenvalue weighted by molar-refractivity contribution is 5.86. The van der Waals surface area contributed by atoms with E-state index in [0.29, 0.717) is 26.1 Å². The van der Waals surface area contributed by atoms with E-state index < -0.39 is 5.54 Å². The zero-order chi connectivity index (χ0) is 12.9. The molecule has 0 aromatic heterocycles. The number of rotatable bonds is 5. The van der Waals surface area contributed by atoms with Crippen molar-refractivity contribution in [3.63, 3.8) is 0 Å². The Morgan fingerprint density at radius 2 is 1.71 bits per heavy atom. The van der Waals surface area contributed by atoms with E-state index in [2.05, 4.69) is 26.1 Å². The molecule has 0 unspecified atom stereocenters. The van der Waals surface area contributed by atoms with E-state index in [1.165, 1.54) is 0 Å². The lowest BCUT2D eigenvalue weighted by Crippen LogP contribution is -2.61. The monoisotopic (exact) mass is 242 g/mol. The van der Waals surface area contributed by atoms with Gasteiger partial charge in [0.2, 0.25) is 5.91 Å². The molecule has 1 amide bonds. The van der Waals surface area contributed by atoms with E-state index in [1.54, 1.807) is 0 Å². The van der Waals surface area contributed by atoms with Gasteiger partial charge in [-0.2, -0.15) is 0 Å². The molecule has 1 saturated heterocycles. The van der Waals surface area contributed by atoms with Gasteiger partial charge in [0.25, 0.3) is 0 Å². The van der Waals surface area contributed by atoms with E-state index >= 15 is 0 Å². The molecule has 0 aromatic rings. The highest BCUT2D eigenvalue weighted by Gasteiger charge is 2.39. The highest BCUT2D eigenvalue weighted by atomic mass is 16.5. The van der Waals surface area contributed by atoms with Crippen molar-refractivity contribution in [2.75, 3.05) is 13.2 Å². The summed E-state index contributed by atoms with van der Waals surface area (Å²) >= 11 is 0. The van der Waals surface area contributed by atoms with Crippen LogP contribution in [0.15, 0.2) is 0 Å². The van der Waals surface area contributed by atoms with E-state index in [-0.39, 0.29) is 11.4 Å². The fourth-order valence-electron chi connectivity index (χ4n) is 2.34. The molecule has 0 atom stereocenters. The third-order valence-corrected chi connectivity index (χ3v) is 4.25. The first-order valence-electron chi connectivity index (χ1n) is 6.71. The Morgan fingerprint density at radius 3 is 2.12 bits per heavy atom. The minimum atomic E-state index is -0.733. The molecule has 0 aromatic carbocycles. The molecule has 0 radical (unpaired) electrons. The van der Waals surface area contributed by atoms with E-state index in [1.807, 2.05) is 0 Å². The molecule has 0 bridgehead atoms. The molecule has 1 aliphatic heterocycles. The number of hydrogen-bond donors (Lipinski definition) is 2. The molecular weight excluding hydrogens is 216 g/mol. The summed E-state index contributed by atoms with van der Waals surface area (Å²) in [7, 11) is 0. The molecular formula is C13H26N2O2. The lowest BCUT2D eigenvalue weighted by molar-refractivity contribution is -0.132. The normalized spacial score (nSPS) is 20.0. The van der Waals surface area contributed by atoms with Crippen molar-refractivity contribution in [2.45, 2.75) is 64.0 Å². The Morgan fingerprint density at radius 1 is 1.24 bits per heavy atom. The molecule has 0 spiro atoms. The predicted octanol–water partition coefficient (Wildman–Crippen LogP) is 1.58. The number of hydrogen-bond acceptors (Lipinski definition) is 3. The van der Waals surface area contributed by atoms with Crippen LogP contribution in [-0.2, 0) is 9.53 Å². The molecule has 100 valence electrons. The van der Waals surface area contributed by atoms with Gasteiger partial charge >= 0.3 is 0 Å². The van der Waals surface area contributed by atoms with E-state index in [9.17, 15) is 4.79 Å². The minimum absolute atomic E-state index is 0.00801. The van der Waals surface area contributed by atoms with Crippen LogP contribution in [-0.4, -0.2) is 30.2 Å². The second-order valence-corrected chi connectivity index (χ2v) is 5.06. The highest BCUT2D eigenvalue weighted by Crippen LogP contribution is 2.23. The van der Waals surface area contributed by atoms with Crippen LogP contribution in [0.5, 0.6) is 0 Å². The molecule has 4 nitrogen and oxygen atoms in total. The summed E-state index contributed by atoms with van der Waals surface area (Å²) in [6.45, 7) is 7.50. The Balaban J connectivity index is 2.69. The van der Waals surface area contributed by atoms with Crippen LogP contribution in [0.1, 0.15) is 52.9 Å². The van der Waals surface area contributed by atoms with Crippen LogP contribution < -0.4 is 11.1 Å². The largest absolute Gasteiger partial charge is 0.381 e. The van der Waals surface area contributed by atoms with Gasteiger partial charge in [0.1, 0.15) is 0 Å².